The molecule has 1 aliphatic carbocycles. The standard InChI is InChI=1S/C24H45N3/c1-7-9-19(3)18-22(8-2)20(4)21(5)25-23-10-12-24(13-11-23)27-16-14-26(6)15-17-27/h7,9,19-22,24H,8,10-18H2,1-6H3. The van der Waals surface area contributed by atoms with Gasteiger partial charge in [-0.25, -0.2) is 0 Å². The highest BCUT2D eigenvalue weighted by atomic mass is 15.3. The number of hydrogen-bond acceptors (Lipinski definition) is 3. The van der Waals surface area contributed by atoms with Gasteiger partial charge in [0.1, 0.15) is 0 Å². The Bertz CT molecular complexity index is 466. The molecular weight excluding hydrogens is 330 g/mol. The van der Waals surface area contributed by atoms with Crippen LogP contribution in [0.5, 0.6) is 0 Å². The Morgan fingerprint density at radius 1 is 1.07 bits per heavy atom. The average molecular weight is 376 g/mol. The SMILES string of the molecule is CC=CC(C)CC(CC)C(C)C(C)N=C1CCC(N2CCN(C)CC2)CC1. The quantitative estimate of drug-likeness (QED) is 0.538. The first kappa shape index (κ1) is 22.6. The normalized spacial score (nSPS) is 27.5. The first-order valence-electron chi connectivity index (χ1n) is 11.6. The van der Waals surface area contributed by atoms with E-state index < -0.39 is 0 Å². The number of aliphatic imine (C=N–C) groups is 1. The highest BCUT2D eigenvalue weighted by molar-refractivity contribution is 5.85. The van der Waals surface area contributed by atoms with Crippen LogP contribution in [0.1, 0.15) is 73.1 Å². The Balaban J connectivity index is 1.83. The number of likely N-dealkylation sites (N-methyl/N-ethyl adjacent to an activating group) is 1. The predicted octanol–water partition coefficient (Wildman–Crippen LogP) is 5.27. The maximum atomic E-state index is 5.22. The van der Waals surface area contributed by atoms with E-state index >= 15 is 0 Å². The number of nitrogens with zero attached hydrogens (tertiary/aromatic N) is 3. The van der Waals surface area contributed by atoms with Crippen LogP contribution < -0.4 is 0 Å². The third kappa shape index (κ3) is 7.02. The zero-order chi connectivity index (χ0) is 19.8. The Labute approximate surface area is 169 Å². The minimum Gasteiger partial charge on any atom is -0.304 e. The average Bonchev–Trinajstić information content (AvgIpc) is 2.67. The second-order valence-corrected chi connectivity index (χ2v) is 9.27. The van der Waals surface area contributed by atoms with Crippen LogP contribution in [0.3, 0.4) is 0 Å². The molecule has 0 spiro atoms. The second kappa shape index (κ2) is 11.4. The Morgan fingerprint density at radius 3 is 2.26 bits per heavy atom. The molecule has 0 aromatic carbocycles. The van der Waals surface area contributed by atoms with Gasteiger partial charge >= 0.3 is 0 Å². The van der Waals surface area contributed by atoms with E-state index in [0.717, 1.165) is 12.0 Å². The number of rotatable bonds is 8. The summed E-state index contributed by atoms with van der Waals surface area (Å²) >= 11 is 0. The van der Waals surface area contributed by atoms with Crippen molar-refractivity contribution in [2.24, 2.45) is 22.7 Å². The maximum absolute atomic E-state index is 5.22. The van der Waals surface area contributed by atoms with Gasteiger partial charge in [-0.15, -0.1) is 0 Å². The van der Waals surface area contributed by atoms with Gasteiger partial charge in [0.25, 0.3) is 0 Å². The van der Waals surface area contributed by atoms with Gasteiger partial charge < -0.3 is 4.90 Å². The van der Waals surface area contributed by atoms with Crippen LogP contribution in [0.2, 0.25) is 0 Å². The maximum Gasteiger partial charge on any atom is 0.0499 e. The van der Waals surface area contributed by atoms with Gasteiger partial charge in [0, 0.05) is 44.0 Å². The van der Waals surface area contributed by atoms with Crippen molar-refractivity contribution in [1.82, 2.24) is 9.80 Å². The van der Waals surface area contributed by atoms with Crippen molar-refractivity contribution in [3.8, 4) is 0 Å². The van der Waals surface area contributed by atoms with Crippen LogP contribution in [0.25, 0.3) is 0 Å². The summed E-state index contributed by atoms with van der Waals surface area (Å²) in [5.41, 5.74) is 1.50. The minimum absolute atomic E-state index is 0.461. The van der Waals surface area contributed by atoms with Gasteiger partial charge in [0.05, 0.1) is 0 Å². The summed E-state index contributed by atoms with van der Waals surface area (Å²) in [5, 5.41) is 0. The molecule has 1 aliphatic heterocycles. The molecule has 27 heavy (non-hydrogen) atoms. The van der Waals surface area contributed by atoms with Crippen molar-refractivity contribution in [3.63, 3.8) is 0 Å². The van der Waals surface area contributed by atoms with Gasteiger partial charge in [-0.3, -0.25) is 9.89 Å². The zero-order valence-electron chi connectivity index (χ0n) is 19.0. The Morgan fingerprint density at radius 2 is 1.70 bits per heavy atom. The van der Waals surface area contributed by atoms with E-state index in [1.54, 1.807) is 0 Å². The lowest BCUT2D eigenvalue weighted by Crippen LogP contribution is -2.50. The summed E-state index contributed by atoms with van der Waals surface area (Å²) in [5.74, 6) is 2.13. The summed E-state index contributed by atoms with van der Waals surface area (Å²) in [4.78, 5) is 10.4. The van der Waals surface area contributed by atoms with Crippen LogP contribution in [0.4, 0.5) is 0 Å². The number of hydrogen-bond donors (Lipinski definition) is 0. The molecule has 0 amide bonds. The van der Waals surface area contributed by atoms with Crippen LogP contribution in [0, 0.1) is 17.8 Å². The van der Waals surface area contributed by atoms with Crippen LogP contribution in [-0.4, -0.2) is 60.8 Å². The molecule has 0 bridgehead atoms. The Kier molecular flexibility index (Phi) is 9.52. The molecule has 0 aromatic rings. The lowest BCUT2D eigenvalue weighted by molar-refractivity contribution is 0.101. The largest absolute Gasteiger partial charge is 0.304 e. The van der Waals surface area contributed by atoms with Gasteiger partial charge in [0.15, 0.2) is 0 Å². The molecule has 2 aliphatic rings. The van der Waals surface area contributed by atoms with E-state index in [0.29, 0.717) is 17.9 Å². The fourth-order valence-electron chi connectivity index (χ4n) is 5.05. The smallest absolute Gasteiger partial charge is 0.0499 e. The van der Waals surface area contributed by atoms with Crippen molar-refractivity contribution in [2.75, 3.05) is 33.2 Å². The zero-order valence-corrected chi connectivity index (χ0v) is 19.0. The summed E-state index contributed by atoms with van der Waals surface area (Å²) in [6.45, 7) is 16.6. The predicted molar refractivity (Wildman–Crippen MR) is 120 cm³/mol. The molecule has 4 atom stereocenters. The molecular formula is C24H45N3. The van der Waals surface area contributed by atoms with E-state index in [9.17, 15) is 0 Å². The van der Waals surface area contributed by atoms with Crippen molar-refractivity contribution >= 4 is 5.71 Å². The minimum atomic E-state index is 0.461. The molecule has 156 valence electrons. The molecule has 3 heteroatoms. The van der Waals surface area contributed by atoms with E-state index in [1.165, 1.54) is 70.4 Å². The van der Waals surface area contributed by atoms with Crippen molar-refractivity contribution in [3.05, 3.63) is 12.2 Å². The van der Waals surface area contributed by atoms with E-state index in [2.05, 4.69) is 63.6 Å². The third-order valence-electron chi connectivity index (χ3n) is 7.20. The molecule has 1 heterocycles. The number of allylic oxidation sites excluding steroid dienone is 2. The summed E-state index contributed by atoms with van der Waals surface area (Å²) in [6.07, 6.45) is 12.2. The highest BCUT2D eigenvalue weighted by Crippen LogP contribution is 2.29. The summed E-state index contributed by atoms with van der Waals surface area (Å²) in [6, 6.07) is 1.26. The van der Waals surface area contributed by atoms with Crippen molar-refractivity contribution < 1.29 is 0 Å². The van der Waals surface area contributed by atoms with Crippen LogP contribution in [0.15, 0.2) is 17.1 Å². The first-order valence-corrected chi connectivity index (χ1v) is 11.6. The van der Waals surface area contributed by atoms with E-state index in [1.807, 2.05) is 0 Å². The molecule has 0 N–H and O–H groups in total. The Hall–Kier alpha value is -0.670. The molecule has 0 aromatic heterocycles. The van der Waals surface area contributed by atoms with Crippen LogP contribution >= 0.6 is 0 Å². The monoisotopic (exact) mass is 375 g/mol. The fourth-order valence-corrected chi connectivity index (χ4v) is 5.05. The van der Waals surface area contributed by atoms with Gasteiger partial charge in [0.2, 0.25) is 0 Å². The topological polar surface area (TPSA) is 18.8 Å². The molecule has 1 saturated carbocycles. The summed E-state index contributed by atoms with van der Waals surface area (Å²) < 4.78 is 0. The lowest BCUT2D eigenvalue weighted by atomic mass is 9.80. The van der Waals surface area contributed by atoms with Gasteiger partial charge in [-0.2, -0.15) is 0 Å². The molecule has 0 radical (unpaired) electrons. The highest BCUT2D eigenvalue weighted by Gasteiger charge is 2.27. The molecule has 3 nitrogen and oxygen atoms in total. The van der Waals surface area contributed by atoms with E-state index in [4.69, 9.17) is 4.99 Å². The number of piperazine rings is 1. The van der Waals surface area contributed by atoms with Crippen molar-refractivity contribution in [2.45, 2.75) is 85.2 Å². The molecule has 2 fully saturated rings. The lowest BCUT2D eigenvalue weighted by Gasteiger charge is -2.40. The van der Waals surface area contributed by atoms with E-state index in [-0.39, 0.29) is 0 Å². The fraction of sp³-hybridized carbons (Fsp3) is 0.875. The van der Waals surface area contributed by atoms with Gasteiger partial charge in [-0.05, 0) is 70.8 Å². The molecule has 1 saturated heterocycles. The molecule has 4 unspecified atom stereocenters. The van der Waals surface area contributed by atoms with Gasteiger partial charge in [-0.1, -0.05) is 39.3 Å². The second-order valence-electron chi connectivity index (χ2n) is 9.27. The van der Waals surface area contributed by atoms with Crippen LogP contribution in [-0.2, 0) is 0 Å². The van der Waals surface area contributed by atoms with Crippen molar-refractivity contribution in [1.29, 1.82) is 0 Å². The first-order chi connectivity index (χ1) is 12.9. The molecule has 2 rings (SSSR count). The third-order valence-corrected chi connectivity index (χ3v) is 7.20. The summed E-state index contributed by atoms with van der Waals surface area (Å²) in [7, 11) is 2.24.